The van der Waals surface area contributed by atoms with Crippen molar-refractivity contribution in [3.8, 4) is 17.5 Å². The average Bonchev–Trinajstić information content (AvgIpc) is 2.99. The van der Waals surface area contributed by atoms with Gasteiger partial charge in [0.2, 0.25) is 0 Å². The van der Waals surface area contributed by atoms with Gasteiger partial charge in [-0.3, -0.25) is 9.69 Å². The Morgan fingerprint density at radius 3 is 2.97 bits per heavy atom. The zero-order valence-electron chi connectivity index (χ0n) is 17.2. The standard InChI is InChI=1S/C21H24N4O5S/c1-24-9-8-21(27,13-30-14-24)7-5-15-3-2-4-16(11-15)25-18-12-31(28,29)10-6-17(18)19(23-25)20(22)26/h2-4,11,27H,6,8-10,12-14H2,1H3,(H2,22,26)/t21-/m0/s1. The van der Waals surface area contributed by atoms with Crippen LogP contribution in [0.25, 0.3) is 5.69 Å². The van der Waals surface area contributed by atoms with Crippen LogP contribution in [0.3, 0.4) is 0 Å². The second kappa shape index (κ2) is 8.09. The Kier molecular flexibility index (Phi) is 5.61. The molecule has 0 spiro atoms. The highest BCUT2D eigenvalue weighted by atomic mass is 32.2. The number of hydrogen-bond acceptors (Lipinski definition) is 7. The number of carbonyl (C=O) groups excluding carboxylic acids is 1. The van der Waals surface area contributed by atoms with Gasteiger partial charge in [-0.1, -0.05) is 17.9 Å². The Morgan fingerprint density at radius 1 is 1.39 bits per heavy atom. The van der Waals surface area contributed by atoms with Crippen molar-refractivity contribution in [2.24, 2.45) is 5.73 Å². The zero-order valence-corrected chi connectivity index (χ0v) is 18.0. The number of hydrogen-bond donors (Lipinski definition) is 2. The van der Waals surface area contributed by atoms with Crippen molar-refractivity contribution in [3.05, 3.63) is 46.8 Å². The van der Waals surface area contributed by atoms with Crippen LogP contribution in [0, 0.1) is 11.8 Å². The third-order valence-corrected chi connectivity index (χ3v) is 6.97. The first-order valence-electron chi connectivity index (χ1n) is 9.89. The minimum atomic E-state index is -3.28. The first-order valence-corrected chi connectivity index (χ1v) is 11.7. The Morgan fingerprint density at radius 2 is 2.19 bits per heavy atom. The number of primary amides is 1. The number of carbonyl (C=O) groups is 1. The van der Waals surface area contributed by atoms with E-state index in [4.69, 9.17) is 10.5 Å². The summed E-state index contributed by atoms with van der Waals surface area (Å²) in [5, 5.41) is 15.0. The number of aliphatic hydroxyl groups is 1. The lowest BCUT2D eigenvalue weighted by Gasteiger charge is -2.18. The smallest absolute Gasteiger partial charge is 0.269 e. The lowest BCUT2D eigenvalue weighted by molar-refractivity contribution is -0.00897. The molecule has 1 aromatic heterocycles. The molecule has 3 N–H and O–H groups in total. The summed E-state index contributed by atoms with van der Waals surface area (Å²) in [5.74, 6) is 4.96. The van der Waals surface area contributed by atoms with Gasteiger partial charge in [0.1, 0.15) is 5.60 Å². The second-order valence-corrected chi connectivity index (χ2v) is 10.2. The van der Waals surface area contributed by atoms with E-state index < -0.39 is 21.3 Å². The van der Waals surface area contributed by atoms with E-state index in [2.05, 4.69) is 16.9 Å². The second-order valence-electron chi connectivity index (χ2n) is 8.03. The molecule has 4 rings (SSSR count). The number of fused-ring (bicyclic) bond motifs is 1. The van der Waals surface area contributed by atoms with Crippen LogP contribution in [0.1, 0.15) is 33.7 Å². The van der Waals surface area contributed by atoms with E-state index in [0.717, 1.165) is 0 Å². The van der Waals surface area contributed by atoms with Gasteiger partial charge < -0.3 is 15.6 Å². The monoisotopic (exact) mass is 444 g/mol. The number of aromatic nitrogens is 2. The predicted octanol–water partition coefficient (Wildman–Crippen LogP) is -0.166. The van der Waals surface area contributed by atoms with E-state index in [1.165, 1.54) is 4.68 Å². The van der Waals surface area contributed by atoms with Crippen molar-refractivity contribution in [2.45, 2.75) is 24.2 Å². The molecular weight excluding hydrogens is 420 g/mol. The topological polar surface area (TPSA) is 128 Å². The Bertz CT molecular complexity index is 1190. The quantitative estimate of drug-likeness (QED) is 0.616. The molecule has 0 saturated carbocycles. The maximum absolute atomic E-state index is 12.2. The molecule has 0 radical (unpaired) electrons. The molecule has 2 aliphatic rings. The van der Waals surface area contributed by atoms with Crippen LogP contribution in [-0.2, 0) is 26.7 Å². The van der Waals surface area contributed by atoms with E-state index >= 15 is 0 Å². The number of sulfone groups is 1. The molecule has 3 heterocycles. The summed E-state index contributed by atoms with van der Waals surface area (Å²) in [6.07, 6.45) is 0.666. The van der Waals surface area contributed by atoms with E-state index in [0.29, 0.717) is 42.2 Å². The summed E-state index contributed by atoms with van der Waals surface area (Å²) in [7, 11) is -1.37. The largest absolute Gasteiger partial charge is 0.375 e. The molecule has 1 atom stereocenters. The first-order chi connectivity index (χ1) is 14.7. The molecule has 10 heteroatoms. The summed E-state index contributed by atoms with van der Waals surface area (Å²) in [6.45, 7) is 1.22. The lowest BCUT2D eigenvalue weighted by atomic mass is 10.0. The number of rotatable bonds is 2. The van der Waals surface area contributed by atoms with Gasteiger partial charge >= 0.3 is 0 Å². The summed E-state index contributed by atoms with van der Waals surface area (Å²) in [4.78, 5) is 13.8. The molecule has 31 heavy (non-hydrogen) atoms. The van der Waals surface area contributed by atoms with Crippen molar-refractivity contribution in [1.82, 2.24) is 14.7 Å². The van der Waals surface area contributed by atoms with Gasteiger partial charge in [0, 0.05) is 24.1 Å². The third kappa shape index (κ3) is 4.65. The van der Waals surface area contributed by atoms with Crippen molar-refractivity contribution in [2.75, 3.05) is 32.7 Å². The summed E-state index contributed by atoms with van der Waals surface area (Å²) in [6, 6.07) is 7.03. The predicted molar refractivity (Wildman–Crippen MR) is 113 cm³/mol. The number of ether oxygens (including phenoxy) is 1. The highest BCUT2D eigenvalue weighted by Crippen LogP contribution is 2.27. The lowest BCUT2D eigenvalue weighted by Crippen LogP contribution is -2.32. The maximum atomic E-state index is 12.2. The fourth-order valence-corrected chi connectivity index (χ4v) is 5.10. The molecular formula is C21H24N4O5S. The van der Waals surface area contributed by atoms with E-state index in [1.807, 2.05) is 11.9 Å². The fraction of sp³-hybridized carbons (Fsp3) is 0.429. The van der Waals surface area contributed by atoms with E-state index in [-0.39, 0.29) is 30.2 Å². The molecule has 9 nitrogen and oxygen atoms in total. The minimum Gasteiger partial charge on any atom is -0.375 e. The van der Waals surface area contributed by atoms with Crippen LogP contribution < -0.4 is 5.73 Å². The van der Waals surface area contributed by atoms with Crippen molar-refractivity contribution in [3.63, 3.8) is 0 Å². The molecule has 1 fully saturated rings. The molecule has 2 aromatic rings. The molecule has 0 bridgehead atoms. The Hall–Kier alpha value is -2.71. The van der Waals surface area contributed by atoms with Gasteiger partial charge in [0.15, 0.2) is 15.5 Å². The summed E-state index contributed by atoms with van der Waals surface area (Å²) in [5.41, 5.74) is 6.52. The van der Waals surface area contributed by atoms with E-state index in [1.54, 1.807) is 24.3 Å². The molecule has 0 unspecified atom stereocenters. The molecule has 1 saturated heterocycles. The first kappa shape index (κ1) is 21.5. The van der Waals surface area contributed by atoms with Crippen LogP contribution in [-0.4, -0.2) is 72.4 Å². The normalized spacial score (nSPS) is 23.3. The van der Waals surface area contributed by atoms with Gasteiger partial charge in [-0.2, -0.15) is 5.10 Å². The van der Waals surface area contributed by atoms with E-state index in [9.17, 15) is 18.3 Å². The average molecular weight is 445 g/mol. The number of nitrogens with zero attached hydrogens (tertiary/aromatic N) is 3. The molecule has 2 aliphatic heterocycles. The number of amides is 1. The van der Waals surface area contributed by atoms with Gasteiger partial charge in [-0.15, -0.1) is 0 Å². The Labute approximate surface area is 180 Å². The minimum absolute atomic E-state index is 0.0344. The SMILES string of the molecule is CN1CC[C@@](O)(C#Cc2cccc(-n3nc(C(N)=O)c4c3CS(=O)(=O)CC4)c2)COC1. The molecule has 164 valence electrons. The van der Waals surface area contributed by atoms with Crippen LogP contribution in [0.2, 0.25) is 0 Å². The number of nitrogens with two attached hydrogens (primary N) is 1. The van der Waals surface area contributed by atoms with Crippen LogP contribution in [0.5, 0.6) is 0 Å². The molecule has 1 aromatic carbocycles. The highest BCUT2D eigenvalue weighted by molar-refractivity contribution is 7.90. The highest BCUT2D eigenvalue weighted by Gasteiger charge is 2.31. The van der Waals surface area contributed by atoms with Gasteiger partial charge in [0.05, 0.1) is 36.2 Å². The van der Waals surface area contributed by atoms with Gasteiger partial charge in [0.25, 0.3) is 5.91 Å². The number of benzene rings is 1. The van der Waals surface area contributed by atoms with Gasteiger partial charge in [-0.05, 0) is 31.7 Å². The summed E-state index contributed by atoms with van der Waals surface area (Å²) < 4.78 is 31.3. The molecule has 1 amide bonds. The third-order valence-electron chi connectivity index (χ3n) is 5.43. The van der Waals surface area contributed by atoms with Crippen LogP contribution >= 0.6 is 0 Å². The van der Waals surface area contributed by atoms with Gasteiger partial charge in [-0.25, -0.2) is 13.1 Å². The van der Waals surface area contributed by atoms with Crippen molar-refractivity contribution in [1.29, 1.82) is 0 Å². The van der Waals surface area contributed by atoms with Crippen molar-refractivity contribution < 1.29 is 23.1 Å². The van der Waals surface area contributed by atoms with Crippen LogP contribution in [0.15, 0.2) is 24.3 Å². The van der Waals surface area contributed by atoms with Crippen LogP contribution in [0.4, 0.5) is 0 Å². The maximum Gasteiger partial charge on any atom is 0.269 e. The fourth-order valence-electron chi connectivity index (χ4n) is 3.73. The zero-order chi connectivity index (χ0) is 22.2. The summed E-state index contributed by atoms with van der Waals surface area (Å²) >= 11 is 0. The Balaban J connectivity index is 1.70. The van der Waals surface area contributed by atoms with Crippen molar-refractivity contribution >= 4 is 15.7 Å². The molecule has 0 aliphatic carbocycles.